The maximum atomic E-state index is 13.7. The lowest BCUT2D eigenvalue weighted by Gasteiger charge is -2.12. The van der Waals surface area contributed by atoms with Crippen LogP contribution >= 0.6 is 0 Å². The molecule has 0 aliphatic heterocycles. The van der Waals surface area contributed by atoms with Crippen molar-refractivity contribution in [3.8, 4) is 6.07 Å². The molecule has 0 unspecified atom stereocenters. The van der Waals surface area contributed by atoms with Crippen molar-refractivity contribution in [1.82, 2.24) is 0 Å². The first kappa shape index (κ1) is 11.2. The SMILES string of the molecule is C=Cc1c(C)c(F)c(C)c(C#N)c1C=C. The third kappa shape index (κ3) is 1.57. The molecule has 0 saturated carbocycles. The van der Waals surface area contributed by atoms with Gasteiger partial charge in [0.15, 0.2) is 0 Å². The van der Waals surface area contributed by atoms with Gasteiger partial charge in [-0.2, -0.15) is 5.26 Å². The third-order valence-electron chi connectivity index (χ3n) is 2.52. The summed E-state index contributed by atoms with van der Waals surface area (Å²) in [5, 5.41) is 8.97. The maximum Gasteiger partial charge on any atom is 0.130 e. The Morgan fingerprint density at radius 2 is 1.67 bits per heavy atom. The van der Waals surface area contributed by atoms with Crippen molar-refractivity contribution in [3.05, 3.63) is 46.8 Å². The molecule has 2 heteroatoms. The highest BCUT2D eigenvalue weighted by Crippen LogP contribution is 2.27. The summed E-state index contributed by atoms with van der Waals surface area (Å²) in [6.45, 7) is 10.5. The van der Waals surface area contributed by atoms with Crippen LogP contribution in [0.4, 0.5) is 4.39 Å². The molecule has 1 aromatic carbocycles. The van der Waals surface area contributed by atoms with E-state index >= 15 is 0 Å². The Morgan fingerprint density at radius 3 is 2.07 bits per heavy atom. The average Bonchev–Trinajstić information content (AvgIpc) is 2.25. The predicted octanol–water partition coefficient (Wildman–Crippen LogP) is 3.60. The quantitative estimate of drug-likeness (QED) is 0.717. The van der Waals surface area contributed by atoms with Gasteiger partial charge in [0.2, 0.25) is 0 Å². The molecule has 0 bridgehead atoms. The van der Waals surface area contributed by atoms with Crippen molar-refractivity contribution in [3.63, 3.8) is 0 Å². The van der Waals surface area contributed by atoms with E-state index in [2.05, 4.69) is 13.2 Å². The summed E-state index contributed by atoms with van der Waals surface area (Å²) < 4.78 is 13.7. The first-order chi connectivity index (χ1) is 7.08. The summed E-state index contributed by atoms with van der Waals surface area (Å²) in [7, 11) is 0. The molecule has 0 amide bonds. The molecule has 0 radical (unpaired) electrons. The average molecular weight is 201 g/mol. The van der Waals surface area contributed by atoms with Crippen LogP contribution < -0.4 is 0 Å². The van der Waals surface area contributed by atoms with Crippen LogP contribution in [0, 0.1) is 31.0 Å². The molecule has 1 aromatic rings. The van der Waals surface area contributed by atoms with E-state index in [1.54, 1.807) is 26.0 Å². The maximum absolute atomic E-state index is 13.7. The Labute approximate surface area is 89.2 Å². The number of rotatable bonds is 2. The van der Waals surface area contributed by atoms with Crippen LogP contribution in [0.3, 0.4) is 0 Å². The van der Waals surface area contributed by atoms with Crippen molar-refractivity contribution in [2.45, 2.75) is 13.8 Å². The molecule has 0 fully saturated rings. The summed E-state index contributed by atoms with van der Waals surface area (Å²) >= 11 is 0. The lowest BCUT2D eigenvalue weighted by molar-refractivity contribution is 0.608. The van der Waals surface area contributed by atoms with E-state index in [1.165, 1.54) is 0 Å². The topological polar surface area (TPSA) is 23.8 Å². The van der Waals surface area contributed by atoms with Gasteiger partial charge in [0.05, 0.1) is 5.56 Å². The summed E-state index contributed by atoms with van der Waals surface area (Å²) in [5.74, 6) is -0.341. The Hall–Kier alpha value is -1.88. The number of nitrogens with zero attached hydrogens (tertiary/aromatic N) is 1. The molecular formula is C13H12FN. The molecule has 0 atom stereocenters. The van der Waals surface area contributed by atoms with Crippen LogP contribution in [0.15, 0.2) is 13.2 Å². The summed E-state index contributed by atoms with van der Waals surface area (Å²) in [5.41, 5.74) is 2.52. The van der Waals surface area contributed by atoms with Gasteiger partial charge in [0, 0.05) is 5.56 Å². The number of hydrogen-bond donors (Lipinski definition) is 0. The number of benzene rings is 1. The van der Waals surface area contributed by atoms with Gasteiger partial charge in [0.1, 0.15) is 11.9 Å². The molecule has 1 rings (SSSR count). The Bertz CT molecular complexity index is 479. The van der Waals surface area contributed by atoms with Crippen LogP contribution in [-0.4, -0.2) is 0 Å². The van der Waals surface area contributed by atoms with Gasteiger partial charge in [-0.15, -0.1) is 0 Å². The van der Waals surface area contributed by atoms with Crippen LogP contribution in [0.25, 0.3) is 12.2 Å². The minimum atomic E-state index is -0.341. The molecule has 0 heterocycles. The second-order valence-corrected chi connectivity index (χ2v) is 3.29. The number of nitriles is 1. The first-order valence-electron chi connectivity index (χ1n) is 4.56. The van der Waals surface area contributed by atoms with E-state index in [1.807, 2.05) is 6.07 Å². The van der Waals surface area contributed by atoms with E-state index in [0.29, 0.717) is 27.8 Å². The van der Waals surface area contributed by atoms with E-state index in [-0.39, 0.29) is 5.82 Å². The molecule has 1 nitrogen and oxygen atoms in total. The summed E-state index contributed by atoms with van der Waals surface area (Å²) in [6.07, 6.45) is 3.12. The van der Waals surface area contributed by atoms with Gasteiger partial charge in [-0.1, -0.05) is 25.3 Å². The van der Waals surface area contributed by atoms with Gasteiger partial charge in [-0.3, -0.25) is 0 Å². The zero-order chi connectivity index (χ0) is 11.6. The van der Waals surface area contributed by atoms with Crippen molar-refractivity contribution < 1.29 is 4.39 Å². The lowest BCUT2D eigenvalue weighted by atomic mass is 9.92. The van der Waals surface area contributed by atoms with E-state index in [9.17, 15) is 4.39 Å². The standard InChI is InChI=1S/C13H12FN/c1-5-10-8(3)13(14)9(4)12(7-15)11(10)6-2/h5-6H,1-2H2,3-4H3. The summed E-state index contributed by atoms with van der Waals surface area (Å²) in [4.78, 5) is 0. The molecule has 76 valence electrons. The van der Waals surface area contributed by atoms with Gasteiger partial charge in [-0.25, -0.2) is 4.39 Å². The van der Waals surface area contributed by atoms with Gasteiger partial charge in [-0.05, 0) is 30.5 Å². The fraction of sp³-hybridized carbons (Fsp3) is 0.154. The molecule has 0 aliphatic carbocycles. The predicted molar refractivity (Wildman–Crippen MR) is 60.8 cm³/mol. The monoisotopic (exact) mass is 201 g/mol. The Kier molecular flexibility index (Phi) is 3.06. The number of hydrogen-bond acceptors (Lipinski definition) is 1. The summed E-state index contributed by atoms with van der Waals surface area (Å²) in [6, 6.07) is 2.00. The Morgan fingerprint density at radius 1 is 1.13 bits per heavy atom. The molecule has 15 heavy (non-hydrogen) atoms. The van der Waals surface area contributed by atoms with E-state index < -0.39 is 0 Å². The zero-order valence-electron chi connectivity index (χ0n) is 8.89. The lowest BCUT2D eigenvalue weighted by Crippen LogP contribution is -2.00. The van der Waals surface area contributed by atoms with Crippen LogP contribution in [0.5, 0.6) is 0 Å². The minimum Gasteiger partial charge on any atom is -0.206 e. The molecule has 0 saturated heterocycles. The Balaban J connectivity index is 3.84. The normalized spacial score (nSPS) is 9.47. The molecular weight excluding hydrogens is 189 g/mol. The van der Waals surface area contributed by atoms with Crippen molar-refractivity contribution in [2.75, 3.05) is 0 Å². The highest BCUT2D eigenvalue weighted by molar-refractivity contribution is 5.73. The second kappa shape index (κ2) is 4.10. The van der Waals surface area contributed by atoms with Gasteiger partial charge in [0.25, 0.3) is 0 Å². The van der Waals surface area contributed by atoms with Crippen molar-refractivity contribution in [2.24, 2.45) is 0 Å². The fourth-order valence-corrected chi connectivity index (χ4v) is 1.67. The third-order valence-corrected chi connectivity index (χ3v) is 2.52. The van der Waals surface area contributed by atoms with Gasteiger partial charge < -0.3 is 0 Å². The minimum absolute atomic E-state index is 0.336. The first-order valence-corrected chi connectivity index (χ1v) is 4.56. The van der Waals surface area contributed by atoms with Crippen molar-refractivity contribution in [1.29, 1.82) is 5.26 Å². The molecule has 0 spiro atoms. The van der Waals surface area contributed by atoms with Crippen LogP contribution in [-0.2, 0) is 0 Å². The smallest absolute Gasteiger partial charge is 0.130 e. The van der Waals surface area contributed by atoms with Gasteiger partial charge >= 0.3 is 0 Å². The largest absolute Gasteiger partial charge is 0.206 e. The highest BCUT2D eigenvalue weighted by atomic mass is 19.1. The number of halogens is 1. The second-order valence-electron chi connectivity index (χ2n) is 3.29. The van der Waals surface area contributed by atoms with Crippen molar-refractivity contribution >= 4 is 12.2 Å². The van der Waals surface area contributed by atoms with Crippen LogP contribution in [0.2, 0.25) is 0 Å². The zero-order valence-corrected chi connectivity index (χ0v) is 8.89. The molecule has 0 aromatic heterocycles. The molecule has 0 N–H and O–H groups in total. The van der Waals surface area contributed by atoms with E-state index in [4.69, 9.17) is 5.26 Å². The van der Waals surface area contributed by atoms with Crippen LogP contribution in [0.1, 0.15) is 27.8 Å². The molecule has 0 aliphatic rings. The fourth-order valence-electron chi connectivity index (χ4n) is 1.67. The van der Waals surface area contributed by atoms with E-state index in [0.717, 1.165) is 0 Å². The highest BCUT2D eigenvalue weighted by Gasteiger charge is 2.15.